The van der Waals surface area contributed by atoms with E-state index in [0.717, 1.165) is 12.8 Å². The molecule has 0 aliphatic heterocycles. The van der Waals surface area contributed by atoms with Crippen LogP contribution in [0.3, 0.4) is 0 Å². The van der Waals surface area contributed by atoms with Crippen LogP contribution in [0.5, 0.6) is 0 Å². The zero-order valence-corrected chi connectivity index (χ0v) is 24.8. The van der Waals surface area contributed by atoms with Crippen molar-refractivity contribution < 1.29 is 22.2 Å². The fourth-order valence-electron chi connectivity index (χ4n) is 6.04. The molecule has 2 aromatic carbocycles. The molecule has 185 valence electrons. The zero-order chi connectivity index (χ0) is 24.8. The number of allylic oxidation sites excluding steroid dienone is 4. The van der Waals surface area contributed by atoms with Crippen LogP contribution in [0, 0.1) is 11.8 Å². The SMILES string of the molecule is CC1=C(C)C(C)[C]([Ti]([NH]C(=O)C2CCCCCCCC2)[SiH](c2ccccc2)c2ccccc2)=C1C. The van der Waals surface area contributed by atoms with Crippen molar-refractivity contribution >= 4 is 22.9 Å². The zero-order valence-electron chi connectivity index (χ0n) is 22.1. The number of carbonyl (C=O) groups is 1. The Balaban J connectivity index is 1.76. The van der Waals surface area contributed by atoms with Crippen molar-refractivity contribution in [3.8, 4) is 0 Å². The Morgan fingerprint density at radius 3 is 1.71 bits per heavy atom. The van der Waals surface area contributed by atoms with E-state index in [9.17, 15) is 4.79 Å². The predicted molar refractivity (Wildman–Crippen MR) is 148 cm³/mol. The second-order valence-corrected chi connectivity index (χ2v) is 20.4. The molecule has 0 saturated heterocycles. The quantitative estimate of drug-likeness (QED) is 0.453. The van der Waals surface area contributed by atoms with Crippen LogP contribution in [-0.2, 0) is 22.2 Å². The van der Waals surface area contributed by atoms with Gasteiger partial charge in [-0.05, 0) is 0 Å². The molecule has 1 N–H and O–H groups in total. The second kappa shape index (κ2) is 12.5. The Kier molecular flexibility index (Phi) is 9.44. The van der Waals surface area contributed by atoms with Gasteiger partial charge in [-0.3, -0.25) is 0 Å². The fourth-order valence-corrected chi connectivity index (χ4v) is 21.3. The van der Waals surface area contributed by atoms with E-state index in [4.69, 9.17) is 0 Å². The van der Waals surface area contributed by atoms with E-state index in [1.165, 1.54) is 65.6 Å². The van der Waals surface area contributed by atoms with Crippen molar-refractivity contribution in [3.05, 3.63) is 81.3 Å². The van der Waals surface area contributed by atoms with Crippen molar-refractivity contribution in [3.63, 3.8) is 0 Å². The number of nitrogens with one attached hydrogen (secondary N) is 1. The molecule has 2 aromatic rings. The van der Waals surface area contributed by atoms with Gasteiger partial charge >= 0.3 is 221 Å². The molecule has 2 aliphatic carbocycles. The summed E-state index contributed by atoms with van der Waals surface area (Å²) in [6.45, 7) is 7.64. The van der Waals surface area contributed by atoms with Crippen LogP contribution >= 0.6 is 0 Å². The Bertz CT molecular complexity index is 1010. The van der Waals surface area contributed by atoms with Gasteiger partial charge < -0.3 is 0 Å². The van der Waals surface area contributed by atoms with Crippen LogP contribution in [0.15, 0.2) is 81.3 Å². The number of hydrogen-bond acceptors (Lipinski definition) is 1. The van der Waals surface area contributed by atoms with E-state index >= 15 is 0 Å². The first kappa shape index (κ1) is 26.4. The Labute approximate surface area is 220 Å². The Hall–Kier alpha value is -1.68. The van der Waals surface area contributed by atoms with Crippen molar-refractivity contribution in [2.24, 2.45) is 11.8 Å². The predicted octanol–water partition coefficient (Wildman–Crippen LogP) is 6.18. The number of benzene rings is 2. The average molecular weight is 521 g/mol. The molecule has 0 spiro atoms. The van der Waals surface area contributed by atoms with E-state index < -0.39 is 24.0 Å². The van der Waals surface area contributed by atoms with E-state index in [-0.39, 0.29) is 5.92 Å². The number of amides is 1. The molecule has 1 amide bonds. The second-order valence-electron chi connectivity index (χ2n) is 10.6. The van der Waals surface area contributed by atoms with E-state index in [2.05, 4.69) is 92.2 Å². The molecule has 0 radical (unpaired) electrons. The average Bonchev–Trinajstić information content (AvgIpc) is 3.17. The van der Waals surface area contributed by atoms with Crippen LogP contribution in [0.4, 0.5) is 0 Å². The molecule has 2 aliphatic rings. The van der Waals surface area contributed by atoms with Gasteiger partial charge in [-0.2, -0.15) is 0 Å². The molecule has 35 heavy (non-hydrogen) atoms. The van der Waals surface area contributed by atoms with Crippen molar-refractivity contribution in [2.45, 2.75) is 79.1 Å². The van der Waals surface area contributed by atoms with Crippen molar-refractivity contribution in [1.29, 1.82) is 0 Å². The van der Waals surface area contributed by atoms with Gasteiger partial charge in [-0.1, -0.05) is 0 Å². The number of carbonyl (C=O) groups excluding carboxylic acids is 1. The van der Waals surface area contributed by atoms with Gasteiger partial charge in [-0.15, -0.1) is 0 Å². The monoisotopic (exact) mass is 520 g/mol. The third kappa shape index (κ3) is 6.18. The summed E-state index contributed by atoms with van der Waals surface area (Å²) in [5.74, 6) is 0.985. The molecule has 1 fully saturated rings. The summed E-state index contributed by atoms with van der Waals surface area (Å²) >= 11 is -2.22. The molecule has 1 saturated carbocycles. The number of rotatable bonds is 6. The van der Waals surface area contributed by atoms with Crippen LogP contribution in [0.1, 0.15) is 79.1 Å². The molecule has 4 heteroatoms. The molecule has 0 bridgehead atoms. The van der Waals surface area contributed by atoms with Gasteiger partial charge in [0, 0.05) is 0 Å². The molecule has 4 rings (SSSR count). The van der Waals surface area contributed by atoms with Crippen LogP contribution in [0.25, 0.3) is 0 Å². The Morgan fingerprint density at radius 2 is 1.26 bits per heavy atom. The maximum absolute atomic E-state index is 14.0. The summed E-state index contributed by atoms with van der Waals surface area (Å²) in [4.78, 5) is 14.0. The summed E-state index contributed by atoms with van der Waals surface area (Å²) in [7, 11) is 0. The minimum atomic E-state index is -2.22. The van der Waals surface area contributed by atoms with Crippen LogP contribution in [-0.4, -0.2) is 12.6 Å². The summed E-state index contributed by atoms with van der Waals surface area (Å²) < 4.78 is 5.51. The van der Waals surface area contributed by atoms with Crippen LogP contribution in [0.2, 0.25) is 0 Å². The van der Waals surface area contributed by atoms with Gasteiger partial charge in [0.2, 0.25) is 0 Å². The third-order valence-corrected chi connectivity index (χ3v) is 21.8. The molecule has 0 aromatic heterocycles. The van der Waals surface area contributed by atoms with Gasteiger partial charge in [0.05, 0.1) is 0 Å². The molecular formula is C31H42NOSiTi. The van der Waals surface area contributed by atoms with Gasteiger partial charge in [0.1, 0.15) is 0 Å². The molecule has 0 heterocycles. The molecule has 1 atom stereocenters. The van der Waals surface area contributed by atoms with E-state index in [0.29, 0.717) is 11.8 Å². The summed E-state index contributed by atoms with van der Waals surface area (Å²) in [6, 6.07) is 22.3. The Morgan fingerprint density at radius 1 is 0.771 bits per heavy atom. The summed E-state index contributed by atoms with van der Waals surface area (Å²) in [5.41, 5.74) is 4.40. The first-order valence-corrected chi connectivity index (χ1v) is 19.6. The topological polar surface area (TPSA) is 29.1 Å². The number of hydrogen-bond donors (Lipinski definition) is 1. The standard InChI is InChI=1S/C12H11Si.C10H19NO.C9H13.Ti/c1-3-7-11(8-4-1)13-12-9-5-2-6-10-12;11-10(12)9-7-5-3-1-2-4-6-8-9;1-6-5-7(2)9(4)8(6)3;/h1-10,13H;9H,1-8H2,(H2,11,12);6H,1-4H3;/q;;;+1/p-1. The first-order valence-electron chi connectivity index (χ1n) is 13.7. The van der Waals surface area contributed by atoms with Gasteiger partial charge in [0.25, 0.3) is 0 Å². The van der Waals surface area contributed by atoms with Gasteiger partial charge in [-0.25, -0.2) is 0 Å². The maximum atomic E-state index is 14.0. The first-order chi connectivity index (χ1) is 17.0. The molecule has 2 nitrogen and oxygen atoms in total. The van der Waals surface area contributed by atoms with Gasteiger partial charge in [0.15, 0.2) is 0 Å². The van der Waals surface area contributed by atoms with Crippen molar-refractivity contribution in [2.75, 3.05) is 0 Å². The summed E-state index contributed by atoms with van der Waals surface area (Å²) in [5, 5.41) is 2.94. The fraction of sp³-hybridized carbons (Fsp3) is 0.452. The molecular weight excluding hydrogens is 478 g/mol. The van der Waals surface area contributed by atoms with E-state index in [1.807, 2.05) is 0 Å². The van der Waals surface area contributed by atoms with Crippen molar-refractivity contribution in [1.82, 2.24) is 3.80 Å². The molecule has 1 unspecified atom stereocenters. The summed E-state index contributed by atoms with van der Waals surface area (Å²) in [6.07, 6.45) is 9.74. The minimum absolute atomic E-state index is 0.185. The third-order valence-electron chi connectivity index (χ3n) is 8.47. The normalized spacial score (nSPS) is 20.0. The van der Waals surface area contributed by atoms with E-state index in [1.54, 1.807) is 3.88 Å². The van der Waals surface area contributed by atoms with Crippen LogP contribution < -0.4 is 14.2 Å².